The molecule has 1 amide bonds. The third-order valence-electron chi connectivity index (χ3n) is 5.52. The lowest BCUT2D eigenvalue weighted by molar-refractivity contribution is -0.111. The average molecular weight is 490 g/mol. The second-order valence-corrected chi connectivity index (χ2v) is 8.07. The fourth-order valence-electron chi connectivity index (χ4n) is 3.76. The maximum Gasteiger partial charge on any atom is 0.300 e. The van der Waals surface area contributed by atoms with E-state index in [1.54, 1.807) is 25.3 Å². The van der Waals surface area contributed by atoms with E-state index in [1.807, 2.05) is 71.4 Å². The summed E-state index contributed by atoms with van der Waals surface area (Å²) in [6.07, 6.45) is 5.07. The minimum absolute atomic E-state index is 0.372. The van der Waals surface area contributed by atoms with Gasteiger partial charge in [-0.1, -0.05) is 18.1 Å². The molecule has 3 aromatic heterocycles. The van der Waals surface area contributed by atoms with Crippen molar-refractivity contribution in [3.05, 3.63) is 85.1 Å². The van der Waals surface area contributed by atoms with Crippen LogP contribution in [0.25, 0.3) is 10.9 Å². The number of rotatable bonds is 7. The van der Waals surface area contributed by atoms with E-state index < -0.39 is 0 Å². The van der Waals surface area contributed by atoms with Gasteiger partial charge in [-0.25, -0.2) is 9.97 Å². The van der Waals surface area contributed by atoms with Crippen LogP contribution < -0.4 is 15.5 Å². The van der Waals surface area contributed by atoms with Gasteiger partial charge in [0.05, 0.1) is 24.0 Å². The zero-order chi connectivity index (χ0) is 25.6. The Balaban J connectivity index is 1.32. The number of aromatic nitrogens is 6. The van der Waals surface area contributed by atoms with Crippen molar-refractivity contribution >= 4 is 45.8 Å². The van der Waals surface area contributed by atoms with E-state index >= 15 is 0 Å². The Morgan fingerprint density at radius 3 is 2.76 bits per heavy atom. The van der Waals surface area contributed by atoms with Crippen LogP contribution in [0.15, 0.2) is 79.4 Å². The normalized spacial score (nSPS) is 10.4. The number of amides is 1. The minimum Gasteiger partial charge on any atom is -0.324 e. The quantitative estimate of drug-likeness (QED) is 0.328. The molecule has 5 aromatic rings. The number of anilines is 5. The summed E-state index contributed by atoms with van der Waals surface area (Å²) in [6, 6.07) is 19.1. The second kappa shape index (κ2) is 10.5. The van der Waals surface area contributed by atoms with E-state index in [-0.39, 0.29) is 5.91 Å². The van der Waals surface area contributed by atoms with Gasteiger partial charge in [0.15, 0.2) is 0 Å². The highest BCUT2D eigenvalue weighted by atomic mass is 16.1. The lowest BCUT2D eigenvalue weighted by Crippen LogP contribution is -2.14. The van der Waals surface area contributed by atoms with Crippen LogP contribution in [-0.4, -0.2) is 42.7 Å². The molecule has 0 radical (unpaired) electrons. The Morgan fingerprint density at radius 1 is 1.03 bits per heavy atom. The van der Waals surface area contributed by atoms with E-state index in [9.17, 15) is 4.79 Å². The molecule has 0 spiro atoms. The number of nitrogens with zero attached hydrogens (tertiary/aromatic N) is 7. The first-order valence-electron chi connectivity index (χ1n) is 11.5. The van der Waals surface area contributed by atoms with E-state index in [0.29, 0.717) is 29.8 Å². The summed E-state index contributed by atoms with van der Waals surface area (Å²) in [5.74, 6) is 5.50. The van der Waals surface area contributed by atoms with Gasteiger partial charge in [0.25, 0.3) is 5.91 Å². The molecule has 0 fully saturated rings. The number of fused-ring (bicyclic) bond motifs is 1. The van der Waals surface area contributed by atoms with Gasteiger partial charge in [0, 0.05) is 35.7 Å². The number of hydrogen-bond acceptors (Lipinski definition) is 8. The van der Waals surface area contributed by atoms with Crippen LogP contribution in [0.3, 0.4) is 0 Å². The zero-order valence-corrected chi connectivity index (χ0v) is 20.3. The third-order valence-corrected chi connectivity index (χ3v) is 5.52. The molecule has 37 heavy (non-hydrogen) atoms. The van der Waals surface area contributed by atoms with Crippen LogP contribution in [0.5, 0.6) is 0 Å². The van der Waals surface area contributed by atoms with Gasteiger partial charge in [-0.2, -0.15) is 10.1 Å². The largest absolute Gasteiger partial charge is 0.324 e. The van der Waals surface area contributed by atoms with Gasteiger partial charge in [0.1, 0.15) is 6.33 Å². The summed E-state index contributed by atoms with van der Waals surface area (Å²) >= 11 is 0. The number of pyridine rings is 1. The predicted molar refractivity (Wildman–Crippen MR) is 143 cm³/mol. The molecule has 2 aromatic carbocycles. The first kappa shape index (κ1) is 23.4. The summed E-state index contributed by atoms with van der Waals surface area (Å²) in [6.45, 7) is 2.21. The monoisotopic (exact) mass is 489 g/mol. The number of benzene rings is 2. The number of hydrogen-bond donors (Lipinski definition) is 2. The first-order valence-corrected chi connectivity index (χ1v) is 11.5. The standard InChI is InChI=1S/C27H23N9O/c1-3-7-25(37)32-20-9-6-10-21(15-20)33-26-29-18-30-27(34-26)35(2)23-11-12-24-19(14-23)16-31-36(24)17-22-8-4-5-13-28-22/h4-6,8-16,18H,17H2,1-2H3,(H,32,37)(H,29,30,33,34). The van der Waals surface area contributed by atoms with Crippen LogP contribution >= 0.6 is 0 Å². The van der Waals surface area contributed by atoms with Crippen molar-refractivity contribution in [2.45, 2.75) is 13.5 Å². The molecule has 2 N–H and O–H groups in total. The topological polar surface area (TPSA) is 114 Å². The van der Waals surface area contributed by atoms with Crippen molar-refractivity contribution in [2.24, 2.45) is 0 Å². The van der Waals surface area contributed by atoms with E-state index in [0.717, 1.165) is 22.3 Å². The molecule has 0 aliphatic rings. The van der Waals surface area contributed by atoms with Crippen molar-refractivity contribution in [3.8, 4) is 11.8 Å². The predicted octanol–water partition coefficient (Wildman–Crippen LogP) is 4.14. The van der Waals surface area contributed by atoms with E-state index in [2.05, 4.69) is 47.5 Å². The maximum absolute atomic E-state index is 11.8. The molecule has 10 heteroatoms. The van der Waals surface area contributed by atoms with Crippen molar-refractivity contribution in [1.82, 2.24) is 29.7 Å². The van der Waals surface area contributed by atoms with Crippen LogP contribution in [0.1, 0.15) is 12.6 Å². The van der Waals surface area contributed by atoms with Crippen molar-refractivity contribution < 1.29 is 4.79 Å². The molecule has 5 rings (SSSR count). The van der Waals surface area contributed by atoms with Crippen LogP contribution in [0, 0.1) is 11.8 Å². The summed E-state index contributed by atoms with van der Waals surface area (Å²) in [5, 5.41) is 11.4. The highest BCUT2D eigenvalue weighted by Crippen LogP contribution is 2.26. The van der Waals surface area contributed by atoms with Gasteiger partial charge in [-0.3, -0.25) is 14.5 Å². The summed E-state index contributed by atoms with van der Waals surface area (Å²) < 4.78 is 1.93. The third kappa shape index (κ3) is 5.52. The summed E-state index contributed by atoms with van der Waals surface area (Å²) in [5.41, 5.74) is 4.19. The molecule has 182 valence electrons. The Kier molecular flexibility index (Phi) is 6.67. The number of carbonyl (C=O) groups is 1. The summed E-state index contributed by atoms with van der Waals surface area (Å²) in [4.78, 5) is 31.1. The number of nitrogens with one attached hydrogen (secondary N) is 2. The molecule has 0 saturated heterocycles. The molecule has 3 heterocycles. The van der Waals surface area contributed by atoms with Gasteiger partial charge >= 0.3 is 0 Å². The summed E-state index contributed by atoms with van der Waals surface area (Å²) in [7, 11) is 1.89. The minimum atomic E-state index is -0.372. The average Bonchev–Trinajstić information content (AvgIpc) is 3.31. The molecule has 0 aliphatic heterocycles. The fraction of sp³-hybridized carbons (Fsp3) is 0.111. The Morgan fingerprint density at radius 2 is 1.92 bits per heavy atom. The van der Waals surface area contributed by atoms with E-state index in [4.69, 9.17) is 0 Å². The Bertz CT molecular complexity index is 1620. The smallest absolute Gasteiger partial charge is 0.300 e. The van der Waals surface area contributed by atoms with Gasteiger partial charge < -0.3 is 15.5 Å². The van der Waals surface area contributed by atoms with Gasteiger partial charge in [-0.15, -0.1) is 0 Å². The first-order chi connectivity index (χ1) is 18.1. The van der Waals surface area contributed by atoms with Crippen molar-refractivity contribution in [1.29, 1.82) is 0 Å². The molecule has 0 saturated carbocycles. The Hall–Kier alpha value is -5.30. The number of carbonyl (C=O) groups excluding carboxylic acids is 1. The molecular formula is C27H23N9O. The highest BCUT2D eigenvalue weighted by molar-refractivity contribution is 6.04. The fourth-order valence-corrected chi connectivity index (χ4v) is 3.76. The van der Waals surface area contributed by atoms with Crippen molar-refractivity contribution in [3.63, 3.8) is 0 Å². The second-order valence-electron chi connectivity index (χ2n) is 8.07. The van der Waals surface area contributed by atoms with Crippen LogP contribution in [-0.2, 0) is 11.3 Å². The SMILES string of the molecule is CC#CC(=O)Nc1cccc(Nc2ncnc(N(C)c3ccc4c(cnn4Cc4ccccn4)c3)n2)c1. The maximum atomic E-state index is 11.8. The molecule has 0 bridgehead atoms. The lowest BCUT2D eigenvalue weighted by Gasteiger charge is -2.18. The molecule has 10 nitrogen and oxygen atoms in total. The van der Waals surface area contributed by atoms with Gasteiger partial charge in [-0.05, 0) is 61.4 Å². The van der Waals surface area contributed by atoms with E-state index in [1.165, 1.54) is 6.33 Å². The molecule has 0 aliphatic carbocycles. The molecular weight excluding hydrogens is 466 g/mol. The molecule has 0 unspecified atom stereocenters. The van der Waals surface area contributed by atoms with Gasteiger partial charge in [0.2, 0.25) is 11.9 Å². The van der Waals surface area contributed by atoms with Crippen LogP contribution in [0.2, 0.25) is 0 Å². The van der Waals surface area contributed by atoms with Crippen molar-refractivity contribution in [2.75, 3.05) is 22.6 Å². The molecule has 0 atom stereocenters. The highest BCUT2D eigenvalue weighted by Gasteiger charge is 2.12. The zero-order valence-electron chi connectivity index (χ0n) is 20.3. The lowest BCUT2D eigenvalue weighted by atomic mass is 10.2. The Labute approximate surface area is 213 Å². The van der Waals surface area contributed by atoms with Crippen LogP contribution in [0.4, 0.5) is 29.0 Å².